The molecule has 0 saturated heterocycles. The van der Waals surface area contributed by atoms with Crippen molar-refractivity contribution >= 4 is 17.6 Å². The van der Waals surface area contributed by atoms with Gasteiger partial charge in [0.05, 0.1) is 18.6 Å². The number of imidazole rings is 1. The molecule has 3 amide bonds. The number of urea groups is 1. The molecule has 1 aromatic carbocycles. The normalized spacial score (nSPS) is 17.3. The van der Waals surface area contributed by atoms with E-state index in [1.165, 1.54) is 17.3 Å². The minimum absolute atomic E-state index is 0.0302. The van der Waals surface area contributed by atoms with Crippen molar-refractivity contribution in [2.75, 3.05) is 11.9 Å². The molecule has 2 aromatic rings. The standard InChI is InChI=1S/C18H18F5N5O2/c1-9-6-27(17(30)26-11-3-4-12(19)13(20)5-11)7-14-15(24-8-28(9)14)16(29)25-10(2)18(21,22)23/h3-5,8-10H,6-7H2,1-2H3,(H,25,29)(H,26,30)/t9-,10+/m0/s1. The summed E-state index contributed by atoms with van der Waals surface area (Å²) < 4.78 is 66.2. The van der Waals surface area contributed by atoms with Crippen molar-refractivity contribution in [2.45, 2.75) is 38.7 Å². The molecule has 2 atom stereocenters. The quantitative estimate of drug-likeness (QED) is 0.731. The molecule has 1 aliphatic rings. The predicted octanol–water partition coefficient (Wildman–Crippen LogP) is 3.45. The number of amides is 3. The number of hydrogen-bond acceptors (Lipinski definition) is 3. The van der Waals surface area contributed by atoms with Crippen LogP contribution in [0.5, 0.6) is 0 Å². The van der Waals surface area contributed by atoms with Gasteiger partial charge >= 0.3 is 12.2 Å². The largest absolute Gasteiger partial charge is 0.408 e. The SMILES string of the molecule is C[C@H]1CN(C(=O)Nc2ccc(F)c(F)c2)Cc2c(C(=O)N[C@H](C)C(F)(F)F)ncn21. The highest BCUT2D eigenvalue weighted by atomic mass is 19.4. The van der Waals surface area contributed by atoms with Gasteiger partial charge in [0, 0.05) is 24.3 Å². The Morgan fingerprint density at radius 1 is 1.23 bits per heavy atom. The van der Waals surface area contributed by atoms with Gasteiger partial charge in [-0.2, -0.15) is 13.2 Å². The lowest BCUT2D eigenvalue weighted by molar-refractivity contribution is -0.149. The molecule has 3 rings (SSSR count). The molecular weight excluding hydrogens is 413 g/mol. The third-order valence-electron chi connectivity index (χ3n) is 4.71. The van der Waals surface area contributed by atoms with Crippen molar-refractivity contribution in [3.05, 3.63) is 47.5 Å². The molecule has 12 heteroatoms. The molecule has 1 aromatic heterocycles. The van der Waals surface area contributed by atoms with Gasteiger partial charge in [0.15, 0.2) is 17.3 Å². The molecule has 0 aliphatic carbocycles. The van der Waals surface area contributed by atoms with Crippen LogP contribution >= 0.6 is 0 Å². The van der Waals surface area contributed by atoms with Crippen molar-refractivity contribution in [1.82, 2.24) is 19.8 Å². The molecule has 1 aliphatic heterocycles. The summed E-state index contributed by atoms with van der Waals surface area (Å²) in [6.07, 6.45) is -3.28. The highest BCUT2D eigenvalue weighted by Gasteiger charge is 2.38. The Morgan fingerprint density at radius 2 is 1.93 bits per heavy atom. The van der Waals surface area contributed by atoms with E-state index in [4.69, 9.17) is 0 Å². The number of nitrogens with zero attached hydrogens (tertiary/aromatic N) is 3. The Balaban J connectivity index is 1.77. The van der Waals surface area contributed by atoms with Gasteiger partial charge in [-0.15, -0.1) is 0 Å². The molecule has 2 heterocycles. The van der Waals surface area contributed by atoms with E-state index in [0.717, 1.165) is 19.1 Å². The zero-order valence-electron chi connectivity index (χ0n) is 15.9. The Bertz CT molecular complexity index is 974. The summed E-state index contributed by atoms with van der Waals surface area (Å²) in [6.45, 7) is 2.65. The van der Waals surface area contributed by atoms with Crippen LogP contribution in [0.3, 0.4) is 0 Å². The molecule has 0 fully saturated rings. The van der Waals surface area contributed by atoms with Crippen LogP contribution in [0.4, 0.5) is 32.4 Å². The molecule has 0 spiro atoms. The molecule has 0 saturated carbocycles. The minimum Gasteiger partial charge on any atom is -0.339 e. The second-order valence-electron chi connectivity index (χ2n) is 6.97. The predicted molar refractivity (Wildman–Crippen MR) is 95.7 cm³/mol. The summed E-state index contributed by atoms with van der Waals surface area (Å²) in [6, 6.07) is -0.165. The number of nitrogens with one attached hydrogen (secondary N) is 2. The fourth-order valence-corrected chi connectivity index (χ4v) is 3.04. The molecular formula is C18H18F5N5O2. The molecule has 2 N–H and O–H groups in total. The van der Waals surface area contributed by atoms with Crippen molar-refractivity contribution in [3.8, 4) is 0 Å². The first-order valence-electron chi connectivity index (χ1n) is 8.91. The second-order valence-corrected chi connectivity index (χ2v) is 6.97. The van der Waals surface area contributed by atoms with Gasteiger partial charge in [-0.1, -0.05) is 0 Å². The number of anilines is 1. The van der Waals surface area contributed by atoms with Crippen LogP contribution in [0.15, 0.2) is 24.5 Å². The maximum absolute atomic E-state index is 13.3. The molecule has 30 heavy (non-hydrogen) atoms. The fourth-order valence-electron chi connectivity index (χ4n) is 3.04. The van der Waals surface area contributed by atoms with Gasteiger partial charge in [-0.3, -0.25) is 4.79 Å². The number of fused-ring (bicyclic) bond motifs is 1. The number of hydrogen-bond donors (Lipinski definition) is 2. The molecule has 0 bridgehead atoms. The summed E-state index contributed by atoms with van der Waals surface area (Å²) in [7, 11) is 0. The third kappa shape index (κ3) is 4.36. The first kappa shape index (κ1) is 21.5. The van der Waals surface area contributed by atoms with E-state index in [0.29, 0.717) is 0 Å². The van der Waals surface area contributed by atoms with Gasteiger partial charge in [-0.25, -0.2) is 18.6 Å². The minimum atomic E-state index is -4.61. The molecule has 0 unspecified atom stereocenters. The average molecular weight is 431 g/mol. The van der Waals surface area contributed by atoms with E-state index in [1.807, 2.05) is 5.32 Å². The summed E-state index contributed by atoms with van der Waals surface area (Å²) in [5, 5.41) is 4.27. The zero-order chi connectivity index (χ0) is 22.2. The van der Waals surface area contributed by atoms with Crippen molar-refractivity contribution in [2.24, 2.45) is 0 Å². The number of alkyl halides is 3. The number of aromatic nitrogens is 2. The van der Waals surface area contributed by atoms with Crippen LogP contribution in [0.1, 0.15) is 36.1 Å². The van der Waals surface area contributed by atoms with Gasteiger partial charge in [0.2, 0.25) is 0 Å². The highest BCUT2D eigenvalue weighted by Crippen LogP contribution is 2.25. The zero-order valence-corrected chi connectivity index (χ0v) is 15.9. The van der Waals surface area contributed by atoms with Crippen LogP contribution in [-0.2, 0) is 6.54 Å². The van der Waals surface area contributed by atoms with Gasteiger partial charge in [0.25, 0.3) is 5.91 Å². The van der Waals surface area contributed by atoms with E-state index in [9.17, 15) is 31.5 Å². The van der Waals surface area contributed by atoms with Gasteiger partial charge in [0.1, 0.15) is 6.04 Å². The van der Waals surface area contributed by atoms with E-state index >= 15 is 0 Å². The van der Waals surface area contributed by atoms with Crippen molar-refractivity contribution in [3.63, 3.8) is 0 Å². The van der Waals surface area contributed by atoms with Crippen molar-refractivity contribution in [1.29, 1.82) is 0 Å². The van der Waals surface area contributed by atoms with Crippen LogP contribution in [-0.4, -0.2) is 45.2 Å². The second kappa shape index (κ2) is 7.92. The lowest BCUT2D eigenvalue weighted by Gasteiger charge is -2.33. The Hall–Kier alpha value is -3.18. The number of rotatable bonds is 3. The van der Waals surface area contributed by atoms with E-state index < -0.39 is 35.8 Å². The van der Waals surface area contributed by atoms with E-state index in [1.54, 1.807) is 11.5 Å². The van der Waals surface area contributed by atoms with E-state index in [2.05, 4.69) is 10.3 Å². The number of benzene rings is 1. The first-order chi connectivity index (χ1) is 14.0. The Labute approximate surface area is 167 Å². The number of carbonyl (C=O) groups is 2. The number of halogens is 5. The summed E-state index contributed by atoms with van der Waals surface area (Å²) in [5.41, 5.74) is 0.0759. The summed E-state index contributed by atoms with van der Waals surface area (Å²) in [5.74, 6) is -3.20. The highest BCUT2D eigenvalue weighted by molar-refractivity contribution is 5.94. The molecule has 7 nitrogen and oxygen atoms in total. The molecule has 162 valence electrons. The first-order valence-corrected chi connectivity index (χ1v) is 8.91. The molecule has 0 radical (unpaired) electrons. The van der Waals surface area contributed by atoms with Crippen LogP contribution in [0, 0.1) is 11.6 Å². The topological polar surface area (TPSA) is 79.3 Å². The van der Waals surface area contributed by atoms with Crippen LogP contribution in [0.25, 0.3) is 0 Å². The Kier molecular flexibility index (Phi) is 5.68. The van der Waals surface area contributed by atoms with Gasteiger partial charge < -0.3 is 20.1 Å². The monoisotopic (exact) mass is 431 g/mol. The van der Waals surface area contributed by atoms with Crippen LogP contribution < -0.4 is 10.6 Å². The van der Waals surface area contributed by atoms with Crippen LogP contribution in [0.2, 0.25) is 0 Å². The number of carbonyl (C=O) groups excluding carboxylic acids is 2. The maximum Gasteiger partial charge on any atom is 0.408 e. The maximum atomic E-state index is 13.3. The smallest absolute Gasteiger partial charge is 0.339 e. The Morgan fingerprint density at radius 3 is 2.57 bits per heavy atom. The lowest BCUT2D eigenvalue weighted by atomic mass is 10.1. The lowest BCUT2D eigenvalue weighted by Crippen LogP contribution is -2.45. The third-order valence-corrected chi connectivity index (χ3v) is 4.71. The van der Waals surface area contributed by atoms with E-state index in [-0.39, 0.29) is 36.2 Å². The average Bonchev–Trinajstić information content (AvgIpc) is 3.08. The van der Waals surface area contributed by atoms with Crippen molar-refractivity contribution < 1.29 is 31.5 Å². The van der Waals surface area contributed by atoms with Gasteiger partial charge in [-0.05, 0) is 26.0 Å². The summed E-state index contributed by atoms with van der Waals surface area (Å²) in [4.78, 5) is 30.1. The summed E-state index contributed by atoms with van der Waals surface area (Å²) >= 11 is 0. The fraction of sp³-hybridized carbons (Fsp3) is 0.389.